The largest absolute Gasteiger partial charge is 0.367 e. The molecule has 4 nitrogen and oxygen atoms in total. The molecule has 0 spiro atoms. The Hall–Kier alpha value is -0.890. The third-order valence-corrected chi connectivity index (χ3v) is 7.33. The van der Waals surface area contributed by atoms with Crippen molar-refractivity contribution in [1.29, 1.82) is 0 Å². The number of halogens is 1. The van der Waals surface area contributed by atoms with Gasteiger partial charge < -0.3 is 4.90 Å². The Kier molecular flexibility index (Phi) is 4.87. The van der Waals surface area contributed by atoms with Gasteiger partial charge in [0.2, 0.25) is 10.0 Å². The van der Waals surface area contributed by atoms with Crippen LogP contribution in [0.15, 0.2) is 50.5 Å². The smallest absolute Gasteiger partial charge is 0.250 e. The molecule has 0 bridgehead atoms. The van der Waals surface area contributed by atoms with Crippen LogP contribution in [0.5, 0.6) is 0 Å². The summed E-state index contributed by atoms with van der Waals surface area (Å²) >= 11 is 4.53. The highest BCUT2D eigenvalue weighted by molar-refractivity contribution is 9.11. The highest BCUT2D eigenvalue weighted by Gasteiger charge is 2.26. The van der Waals surface area contributed by atoms with Crippen molar-refractivity contribution in [2.24, 2.45) is 0 Å². The molecule has 0 radical (unpaired) electrons. The first kappa shape index (κ1) is 16.0. The minimum absolute atomic E-state index is 0.209. The Morgan fingerprint density at radius 3 is 2.68 bits per heavy atom. The molecule has 3 rings (SSSR count). The van der Waals surface area contributed by atoms with Crippen LogP contribution in [0.25, 0.3) is 0 Å². The molecule has 0 aliphatic carbocycles. The van der Waals surface area contributed by atoms with Crippen LogP contribution in [-0.2, 0) is 10.0 Å². The zero-order chi connectivity index (χ0) is 15.6. The van der Waals surface area contributed by atoms with Gasteiger partial charge in [-0.15, -0.1) is 11.3 Å². The first-order chi connectivity index (χ1) is 10.6. The van der Waals surface area contributed by atoms with E-state index in [1.807, 2.05) is 18.2 Å². The molecule has 1 aliphatic rings. The van der Waals surface area contributed by atoms with Crippen LogP contribution in [-0.4, -0.2) is 27.5 Å². The SMILES string of the molecule is O=S(=O)(NC[C@H]1CCCN1c1ccccc1)c1ccc(Br)s1. The number of nitrogens with zero attached hydrogens (tertiary/aromatic N) is 1. The summed E-state index contributed by atoms with van der Waals surface area (Å²) in [5.41, 5.74) is 1.16. The van der Waals surface area contributed by atoms with Crippen LogP contribution in [0.3, 0.4) is 0 Å². The van der Waals surface area contributed by atoms with E-state index in [2.05, 4.69) is 37.7 Å². The molecule has 1 aromatic heterocycles. The van der Waals surface area contributed by atoms with Gasteiger partial charge in [-0.2, -0.15) is 0 Å². The van der Waals surface area contributed by atoms with Gasteiger partial charge in [0, 0.05) is 24.8 Å². The molecule has 1 atom stereocenters. The van der Waals surface area contributed by atoms with Crippen molar-refractivity contribution < 1.29 is 8.42 Å². The molecule has 1 aromatic carbocycles. The number of nitrogens with one attached hydrogen (secondary N) is 1. The molecule has 0 unspecified atom stereocenters. The van der Waals surface area contributed by atoms with E-state index < -0.39 is 10.0 Å². The van der Waals surface area contributed by atoms with Crippen LogP contribution in [0.4, 0.5) is 5.69 Å². The lowest BCUT2D eigenvalue weighted by molar-refractivity contribution is 0.569. The van der Waals surface area contributed by atoms with E-state index in [0.717, 1.165) is 28.9 Å². The van der Waals surface area contributed by atoms with E-state index >= 15 is 0 Å². The van der Waals surface area contributed by atoms with Crippen molar-refractivity contribution >= 4 is 43.0 Å². The van der Waals surface area contributed by atoms with Crippen molar-refractivity contribution in [3.05, 3.63) is 46.3 Å². The van der Waals surface area contributed by atoms with E-state index in [1.54, 1.807) is 12.1 Å². The number of hydrogen-bond donors (Lipinski definition) is 1. The number of thiophene rings is 1. The fourth-order valence-electron chi connectivity index (χ4n) is 2.73. The quantitative estimate of drug-likeness (QED) is 0.835. The summed E-state index contributed by atoms with van der Waals surface area (Å²) in [6.07, 6.45) is 2.09. The zero-order valence-electron chi connectivity index (χ0n) is 11.9. The zero-order valence-corrected chi connectivity index (χ0v) is 15.1. The summed E-state index contributed by atoms with van der Waals surface area (Å²) in [5.74, 6) is 0. The lowest BCUT2D eigenvalue weighted by Gasteiger charge is -2.26. The number of anilines is 1. The maximum Gasteiger partial charge on any atom is 0.250 e. The predicted octanol–water partition coefficient (Wildman–Crippen LogP) is 3.46. The lowest BCUT2D eigenvalue weighted by Crippen LogP contribution is -2.40. The molecule has 2 aromatic rings. The third kappa shape index (κ3) is 3.53. The molecule has 0 amide bonds. The van der Waals surface area contributed by atoms with Gasteiger partial charge in [-0.05, 0) is 53.0 Å². The molecule has 7 heteroatoms. The van der Waals surface area contributed by atoms with Gasteiger partial charge >= 0.3 is 0 Å². The average molecular weight is 401 g/mol. The number of hydrogen-bond acceptors (Lipinski definition) is 4. The Morgan fingerprint density at radius 1 is 1.23 bits per heavy atom. The molecule has 118 valence electrons. The summed E-state index contributed by atoms with van der Waals surface area (Å²) in [5, 5.41) is 0. The Balaban J connectivity index is 1.68. The molecule has 1 aliphatic heterocycles. The molecule has 1 N–H and O–H groups in total. The molecule has 2 heterocycles. The second kappa shape index (κ2) is 6.70. The minimum Gasteiger partial charge on any atom is -0.367 e. The summed E-state index contributed by atoms with van der Waals surface area (Å²) in [4.78, 5) is 2.28. The van der Waals surface area contributed by atoms with Crippen molar-refractivity contribution in [1.82, 2.24) is 4.72 Å². The van der Waals surface area contributed by atoms with Crippen molar-refractivity contribution in [2.45, 2.75) is 23.1 Å². The monoisotopic (exact) mass is 400 g/mol. The number of sulfonamides is 1. The van der Waals surface area contributed by atoms with Crippen LogP contribution in [0.1, 0.15) is 12.8 Å². The first-order valence-corrected chi connectivity index (χ1v) is 10.2. The van der Waals surface area contributed by atoms with E-state index in [-0.39, 0.29) is 6.04 Å². The van der Waals surface area contributed by atoms with Crippen LogP contribution in [0, 0.1) is 0 Å². The van der Waals surface area contributed by atoms with Crippen molar-refractivity contribution in [2.75, 3.05) is 18.0 Å². The second-order valence-electron chi connectivity index (χ2n) is 5.24. The molecule has 22 heavy (non-hydrogen) atoms. The van der Waals surface area contributed by atoms with Gasteiger partial charge in [-0.3, -0.25) is 0 Å². The van der Waals surface area contributed by atoms with Crippen molar-refractivity contribution in [3.63, 3.8) is 0 Å². The van der Waals surface area contributed by atoms with Gasteiger partial charge in [0.15, 0.2) is 0 Å². The number of rotatable bonds is 5. The molecule has 1 fully saturated rings. The minimum atomic E-state index is -3.42. The summed E-state index contributed by atoms with van der Waals surface area (Å²) < 4.78 is 28.5. The molecule has 1 saturated heterocycles. The van der Waals surface area contributed by atoms with Gasteiger partial charge in [-0.25, -0.2) is 13.1 Å². The highest BCUT2D eigenvalue weighted by atomic mass is 79.9. The number of para-hydroxylation sites is 1. The Labute approximate surface area is 143 Å². The molecular formula is C15H17BrN2O2S2. The van der Waals surface area contributed by atoms with E-state index in [9.17, 15) is 8.42 Å². The summed E-state index contributed by atoms with van der Waals surface area (Å²) in [6, 6.07) is 13.8. The maximum absolute atomic E-state index is 12.3. The topological polar surface area (TPSA) is 49.4 Å². The maximum atomic E-state index is 12.3. The number of benzene rings is 1. The van der Waals surface area contributed by atoms with Crippen LogP contribution in [0.2, 0.25) is 0 Å². The molecular weight excluding hydrogens is 384 g/mol. The van der Waals surface area contributed by atoms with E-state index in [1.165, 1.54) is 11.3 Å². The van der Waals surface area contributed by atoms with Crippen LogP contribution < -0.4 is 9.62 Å². The Morgan fingerprint density at radius 2 is 2.00 bits per heavy atom. The average Bonchev–Trinajstić information content (AvgIpc) is 3.15. The predicted molar refractivity (Wildman–Crippen MR) is 94.0 cm³/mol. The van der Waals surface area contributed by atoms with Gasteiger partial charge in [-0.1, -0.05) is 18.2 Å². The van der Waals surface area contributed by atoms with Gasteiger partial charge in [0.05, 0.1) is 3.79 Å². The third-order valence-electron chi connectivity index (χ3n) is 3.79. The lowest BCUT2D eigenvalue weighted by atomic mass is 10.2. The first-order valence-electron chi connectivity index (χ1n) is 7.13. The molecule has 0 saturated carbocycles. The van der Waals surface area contributed by atoms with Crippen LogP contribution >= 0.6 is 27.3 Å². The van der Waals surface area contributed by atoms with E-state index in [0.29, 0.717) is 10.8 Å². The Bertz CT molecular complexity index is 731. The fourth-order valence-corrected chi connectivity index (χ4v) is 5.85. The van der Waals surface area contributed by atoms with Crippen molar-refractivity contribution in [3.8, 4) is 0 Å². The van der Waals surface area contributed by atoms with E-state index in [4.69, 9.17) is 0 Å². The summed E-state index contributed by atoms with van der Waals surface area (Å²) in [7, 11) is -3.42. The fraction of sp³-hybridized carbons (Fsp3) is 0.333. The summed E-state index contributed by atoms with van der Waals surface area (Å²) in [6.45, 7) is 1.41. The second-order valence-corrected chi connectivity index (χ2v) is 9.69. The standard InChI is InChI=1S/C15H17BrN2O2S2/c16-14-8-9-15(21-14)22(19,20)17-11-13-7-4-10-18(13)12-5-2-1-3-6-12/h1-3,5-6,8-9,13,17H,4,7,10-11H2/t13-/m1/s1. The highest BCUT2D eigenvalue weighted by Crippen LogP contribution is 2.27. The van der Waals surface area contributed by atoms with Gasteiger partial charge in [0.25, 0.3) is 0 Å². The van der Waals surface area contributed by atoms with Gasteiger partial charge in [0.1, 0.15) is 4.21 Å². The normalized spacial score (nSPS) is 18.8.